The van der Waals surface area contributed by atoms with E-state index in [9.17, 15) is 0 Å². The first-order chi connectivity index (χ1) is 9.38. The summed E-state index contributed by atoms with van der Waals surface area (Å²) in [5, 5.41) is 0. The van der Waals surface area contributed by atoms with Gasteiger partial charge in [0.15, 0.2) is 0 Å². The number of aryl methyl sites for hydroxylation is 2. The molecule has 5 heteroatoms. The van der Waals surface area contributed by atoms with Crippen molar-refractivity contribution in [3.05, 3.63) is 54.4 Å². The lowest BCUT2D eigenvalue weighted by atomic mass is 10.2. The number of halogens is 1. The van der Waals surface area contributed by atoms with Gasteiger partial charge < -0.3 is 4.57 Å². The maximum absolute atomic E-state index is 5.97. The minimum atomic E-state index is 0.400. The number of nitrogens with zero attached hydrogens (tertiary/aromatic N) is 4. The second-order valence-electron chi connectivity index (χ2n) is 4.25. The molecule has 96 valence electrons. The van der Waals surface area contributed by atoms with E-state index < -0.39 is 0 Å². The monoisotopic (exact) mass is 272 g/mol. The van der Waals surface area contributed by atoms with E-state index in [0.29, 0.717) is 5.88 Å². The predicted molar refractivity (Wildman–Crippen MR) is 75.0 cm³/mol. The van der Waals surface area contributed by atoms with Crippen molar-refractivity contribution in [3.8, 4) is 0 Å². The highest BCUT2D eigenvalue weighted by Crippen LogP contribution is 2.17. The SMILES string of the molecule is ClCc1nc2cnccc2n1CCc1ccccn1. The quantitative estimate of drug-likeness (QED) is 0.686. The Labute approximate surface area is 116 Å². The third-order valence-corrected chi connectivity index (χ3v) is 3.31. The van der Waals surface area contributed by atoms with Crippen molar-refractivity contribution in [3.63, 3.8) is 0 Å². The Morgan fingerprint density at radius 2 is 2.11 bits per heavy atom. The van der Waals surface area contributed by atoms with Gasteiger partial charge >= 0.3 is 0 Å². The van der Waals surface area contributed by atoms with Gasteiger partial charge in [-0.2, -0.15) is 0 Å². The molecule has 3 heterocycles. The van der Waals surface area contributed by atoms with Crippen molar-refractivity contribution >= 4 is 22.6 Å². The molecule has 0 fully saturated rings. The Balaban J connectivity index is 1.91. The van der Waals surface area contributed by atoms with Crippen LogP contribution < -0.4 is 0 Å². The Kier molecular flexibility index (Phi) is 3.42. The summed E-state index contributed by atoms with van der Waals surface area (Å²) in [7, 11) is 0. The maximum Gasteiger partial charge on any atom is 0.124 e. The van der Waals surface area contributed by atoms with Crippen LogP contribution in [0.4, 0.5) is 0 Å². The first-order valence-electron chi connectivity index (χ1n) is 6.13. The van der Waals surface area contributed by atoms with Crippen molar-refractivity contribution in [1.29, 1.82) is 0 Å². The second-order valence-corrected chi connectivity index (χ2v) is 4.52. The number of hydrogen-bond acceptors (Lipinski definition) is 3. The highest BCUT2D eigenvalue weighted by molar-refractivity contribution is 6.16. The average molecular weight is 273 g/mol. The summed E-state index contributed by atoms with van der Waals surface area (Å²) in [5.41, 5.74) is 3.03. The summed E-state index contributed by atoms with van der Waals surface area (Å²) in [6.07, 6.45) is 6.22. The van der Waals surface area contributed by atoms with Crippen LogP contribution in [-0.2, 0) is 18.8 Å². The highest BCUT2D eigenvalue weighted by Gasteiger charge is 2.09. The molecule has 19 heavy (non-hydrogen) atoms. The largest absolute Gasteiger partial charge is 0.326 e. The van der Waals surface area contributed by atoms with Crippen molar-refractivity contribution in [1.82, 2.24) is 19.5 Å². The van der Waals surface area contributed by atoms with Crippen LogP contribution in [0.25, 0.3) is 11.0 Å². The van der Waals surface area contributed by atoms with Crippen LogP contribution in [0.1, 0.15) is 11.5 Å². The van der Waals surface area contributed by atoms with Crippen molar-refractivity contribution in [2.45, 2.75) is 18.8 Å². The summed E-state index contributed by atoms with van der Waals surface area (Å²) >= 11 is 5.97. The van der Waals surface area contributed by atoms with Gasteiger partial charge in [-0.25, -0.2) is 4.98 Å². The van der Waals surface area contributed by atoms with Gasteiger partial charge in [0, 0.05) is 31.1 Å². The summed E-state index contributed by atoms with van der Waals surface area (Å²) in [4.78, 5) is 12.9. The maximum atomic E-state index is 5.97. The molecule has 3 rings (SSSR count). The molecule has 0 aliphatic heterocycles. The standard InChI is InChI=1S/C14H13ClN4/c15-9-14-18-12-10-16-7-4-13(12)19(14)8-5-11-3-1-2-6-17-11/h1-4,6-7,10H,5,8-9H2. The summed E-state index contributed by atoms with van der Waals surface area (Å²) in [6.45, 7) is 0.819. The van der Waals surface area contributed by atoms with Crippen LogP contribution in [0.2, 0.25) is 0 Å². The molecule has 0 amide bonds. The van der Waals surface area contributed by atoms with Gasteiger partial charge in [0.25, 0.3) is 0 Å². The molecule has 0 N–H and O–H groups in total. The first-order valence-corrected chi connectivity index (χ1v) is 6.67. The first kappa shape index (κ1) is 12.1. The molecule has 4 nitrogen and oxygen atoms in total. The average Bonchev–Trinajstić information content (AvgIpc) is 2.84. The number of aromatic nitrogens is 4. The van der Waals surface area contributed by atoms with Crippen LogP contribution in [0, 0.1) is 0 Å². The number of imidazole rings is 1. The van der Waals surface area contributed by atoms with Crippen LogP contribution >= 0.6 is 11.6 Å². The number of alkyl halides is 1. The van der Waals surface area contributed by atoms with Gasteiger partial charge in [0.05, 0.1) is 17.6 Å². The van der Waals surface area contributed by atoms with Crippen molar-refractivity contribution in [2.75, 3.05) is 0 Å². The molecule has 0 saturated carbocycles. The molecule has 0 unspecified atom stereocenters. The van der Waals surface area contributed by atoms with Gasteiger partial charge in [0.2, 0.25) is 0 Å². The molecular weight excluding hydrogens is 260 g/mol. The molecule has 0 aliphatic rings. The number of fused-ring (bicyclic) bond motifs is 1. The van der Waals surface area contributed by atoms with E-state index >= 15 is 0 Å². The lowest BCUT2D eigenvalue weighted by Gasteiger charge is -2.07. The second kappa shape index (κ2) is 5.36. The van der Waals surface area contributed by atoms with Crippen LogP contribution in [0.15, 0.2) is 42.9 Å². The zero-order valence-electron chi connectivity index (χ0n) is 10.3. The molecule has 3 aromatic heterocycles. The number of hydrogen-bond donors (Lipinski definition) is 0. The van der Waals surface area contributed by atoms with E-state index in [1.165, 1.54) is 0 Å². The zero-order chi connectivity index (χ0) is 13.1. The third-order valence-electron chi connectivity index (χ3n) is 3.07. The van der Waals surface area contributed by atoms with E-state index in [1.807, 2.05) is 30.5 Å². The molecule has 0 aliphatic carbocycles. The molecule has 3 aromatic rings. The van der Waals surface area contributed by atoms with E-state index in [2.05, 4.69) is 19.5 Å². The van der Waals surface area contributed by atoms with Crippen LogP contribution in [0.5, 0.6) is 0 Å². The lowest BCUT2D eigenvalue weighted by Crippen LogP contribution is -2.05. The summed E-state index contributed by atoms with van der Waals surface area (Å²) in [5.74, 6) is 1.28. The van der Waals surface area contributed by atoms with Gasteiger partial charge in [-0.15, -0.1) is 11.6 Å². The van der Waals surface area contributed by atoms with Crippen LogP contribution in [-0.4, -0.2) is 19.5 Å². The summed E-state index contributed by atoms with van der Waals surface area (Å²) in [6, 6.07) is 7.92. The lowest BCUT2D eigenvalue weighted by molar-refractivity contribution is 0.678. The van der Waals surface area contributed by atoms with E-state index in [4.69, 9.17) is 11.6 Å². The highest BCUT2D eigenvalue weighted by atomic mass is 35.5. The van der Waals surface area contributed by atoms with E-state index in [-0.39, 0.29) is 0 Å². The van der Waals surface area contributed by atoms with Gasteiger partial charge in [-0.3, -0.25) is 9.97 Å². The molecule has 0 atom stereocenters. The Morgan fingerprint density at radius 3 is 2.89 bits per heavy atom. The smallest absolute Gasteiger partial charge is 0.124 e. The fourth-order valence-corrected chi connectivity index (χ4v) is 2.36. The van der Waals surface area contributed by atoms with Crippen molar-refractivity contribution < 1.29 is 0 Å². The van der Waals surface area contributed by atoms with Gasteiger partial charge in [0.1, 0.15) is 11.3 Å². The fourth-order valence-electron chi connectivity index (χ4n) is 2.16. The molecule has 0 bridgehead atoms. The Hall–Kier alpha value is -1.94. The van der Waals surface area contributed by atoms with Crippen molar-refractivity contribution in [2.24, 2.45) is 0 Å². The number of pyridine rings is 2. The van der Waals surface area contributed by atoms with Gasteiger partial charge in [-0.1, -0.05) is 6.07 Å². The molecule has 0 aromatic carbocycles. The summed E-state index contributed by atoms with van der Waals surface area (Å²) < 4.78 is 2.14. The molecule has 0 radical (unpaired) electrons. The van der Waals surface area contributed by atoms with E-state index in [1.54, 1.807) is 12.4 Å². The third kappa shape index (κ3) is 2.44. The minimum absolute atomic E-state index is 0.400. The number of rotatable bonds is 4. The Morgan fingerprint density at radius 1 is 1.16 bits per heavy atom. The fraction of sp³-hybridized carbons (Fsp3) is 0.214. The van der Waals surface area contributed by atoms with Gasteiger partial charge in [-0.05, 0) is 18.2 Å². The Bertz CT molecular complexity index is 678. The van der Waals surface area contributed by atoms with E-state index in [0.717, 1.165) is 35.5 Å². The normalized spacial score (nSPS) is 11.0. The topological polar surface area (TPSA) is 43.6 Å². The van der Waals surface area contributed by atoms with Crippen LogP contribution in [0.3, 0.4) is 0 Å². The minimum Gasteiger partial charge on any atom is -0.326 e. The predicted octanol–water partition coefficient (Wildman–Crippen LogP) is 2.81. The zero-order valence-corrected chi connectivity index (χ0v) is 11.1. The molecular formula is C14H13ClN4. The molecule has 0 saturated heterocycles. The molecule has 0 spiro atoms.